The summed E-state index contributed by atoms with van der Waals surface area (Å²) in [4.78, 5) is 12.1. The summed E-state index contributed by atoms with van der Waals surface area (Å²) in [6, 6.07) is 7.15. The summed E-state index contributed by atoms with van der Waals surface area (Å²) in [5.74, 6) is 0.178. The van der Waals surface area contributed by atoms with Crippen molar-refractivity contribution in [2.75, 3.05) is 5.32 Å². The number of hydrogen-bond donors (Lipinski definition) is 2. The van der Waals surface area contributed by atoms with Crippen LogP contribution >= 0.6 is 12.4 Å². The quantitative estimate of drug-likeness (QED) is 0.801. The number of anilines is 1. The molecule has 2 rings (SSSR count). The molecule has 1 aromatic carbocycles. The van der Waals surface area contributed by atoms with Crippen LogP contribution in [0.1, 0.15) is 45.1 Å². The molecule has 0 heterocycles. The Morgan fingerprint density at radius 3 is 2.62 bits per heavy atom. The molecule has 0 unspecified atom stereocenters. The van der Waals surface area contributed by atoms with Gasteiger partial charge in [-0.1, -0.05) is 18.6 Å². The average molecular weight is 375 g/mol. The lowest BCUT2D eigenvalue weighted by Gasteiger charge is -2.15. The fraction of sp³-hybridized carbons (Fsp3) is 0.588. The Kier molecular flexibility index (Phi) is 7.70. The largest absolute Gasteiger partial charge is 0.327 e. The van der Waals surface area contributed by atoms with Crippen molar-refractivity contribution in [3.8, 4) is 0 Å². The molecule has 136 valence electrons. The monoisotopic (exact) mass is 374 g/mol. The van der Waals surface area contributed by atoms with Gasteiger partial charge in [-0.2, -0.15) is 0 Å². The number of hydrogen-bond acceptors (Lipinski definition) is 4. The number of carbonyl (C=O) groups excluding carboxylic acids is 1. The second-order valence-corrected chi connectivity index (χ2v) is 9.22. The molecule has 1 aromatic rings. The number of carbonyl (C=O) groups is 1. The van der Waals surface area contributed by atoms with Gasteiger partial charge in [0, 0.05) is 18.2 Å². The van der Waals surface area contributed by atoms with E-state index in [1.165, 1.54) is 0 Å². The van der Waals surface area contributed by atoms with Crippen LogP contribution in [0.2, 0.25) is 0 Å². The Labute approximate surface area is 150 Å². The topological polar surface area (TPSA) is 89.3 Å². The molecule has 0 radical (unpaired) electrons. The van der Waals surface area contributed by atoms with E-state index in [0.29, 0.717) is 17.7 Å². The van der Waals surface area contributed by atoms with Gasteiger partial charge in [-0.3, -0.25) is 4.79 Å². The zero-order valence-electron chi connectivity index (χ0n) is 14.2. The maximum absolute atomic E-state index is 12.1. The van der Waals surface area contributed by atoms with Crippen LogP contribution in [0.25, 0.3) is 0 Å². The minimum absolute atomic E-state index is 0. The fourth-order valence-corrected chi connectivity index (χ4v) is 3.88. The van der Waals surface area contributed by atoms with Crippen molar-refractivity contribution in [2.24, 2.45) is 11.7 Å². The van der Waals surface area contributed by atoms with Crippen LogP contribution in [0.3, 0.4) is 0 Å². The third-order valence-electron chi connectivity index (χ3n) is 4.46. The molecule has 24 heavy (non-hydrogen) atoms. The molecule has 1 amide bonds. The first kappa shape index (κ1) is 20.9. The third kappa shape index (κ3) is 5.76. The number of rotatable bonds is 6. The highest BCUT2D eigenvalue weighted by Crippen LogP contribution is 2.27. The van der Waals surface area contributed by atoms with Gasteiger partial charge >= 0.3 is 0 Å². The van der Waals surface area contributed by atoms with Gasteiger partial charge in [0.15, 0.2) is 9.84 Å². The fourth-order valence-electron chi connectivity index (χ4n) is 2.91. The molecule has 1 aliphatic carbocycles. The van der Waals surface area contributed by atoms with E-state index in [-0.39, 0.29) is 36.0 Å². The molecule has 0 spiro atoms. The van der Waals surface area contributed by atoms with Gasteiger partial charge in [0.1, 0.15) is 0 Å². The van der Waals surface area contributed by atoms with Gasteiger partial charge in [0.2, 0.25) is 5.91 Å². The highest BCUT2D eigenvalue weighted by Gasteiger charge is 2.26. The maximum Gasteiger partial charge on any atom is 0.224 e. The standard InChI is InChI=1S/C17H26N2O3S.ClH/c1-12(2)23(21,22)11-13-5-3-7-15(9-13)19-17(20)10-14-6-4-8-16(14)18;/h3,5,7,9,12,14,16H,4,6,8,10-11,18H2,1-2H3,(H,19,20);1H/t14-,16+;/m0./s1. The first-order valence-electron chi connectivity index (χ1n) is 8.14. The summed E-state index contributed by atoms with van der Waals surface area (Å²) in [5.41, 5.74) is 7.32. The third-order valence-corrected chi connectivity index (χ3v) is 6.63. The summed E-state index contributed by atoms with van der Waals surface area (Å²) in [5, 5.41) is 2.44. The number of nitrogens with two attached hydrogens (primary N) is 1. The lowest BCUT2D eigenvalue weighted by Crippen LogP contribution is -2.28. The number of halogens is 1. The molecule has 0 bridgehead atoms. The minimum Gasteiger partial charge on any atom is -0.327 e. The Morgan fingerprint density at radius 2 is 2.04 bits per heavy atom. The van der Waals surface area contributed by atoms with Crippen LogP contribution in [-0.2, 0) is 20.4 Å². The van der Waals surface area contributed by atoms with Crippen molar-refractivity contribution in [3.63, 3.8) is 0 Å². The zero-order chi connectivity index (χ0) is 17.0. The van der Waals surface area contributed by atoms with Crippen LogP contribution in [0.15, 0.2) is 24.3 Å². The van der Waals surface area contributed by atoms with Crippen molar-refractivity contribution in [1.82, 2.24) is 0 Å². The number of sulfone groups is 1. The van der Waals surface area contributed by atoms with E-state index in [1.54, 1.807) is 38.1 Å². The molecule has 1 fully saturated rings. The second-order valence-electron chi connectivity index (χ2n) is 6.66. The van der Waals surface area contributed by atoms with E-state index in [9.17, 15) is 13.2 Å². The van der Waals surface area contributed by atoms with Crippen molar-refractivity contribution < 1.29 is 13.2 Å². The molecule has 3 N–H and O–H groups in total. The van der Waals surface area contributed by atoms with Crippen molar-refractivity contribution in [3.05, 3.63) is 29.8 Å². The van der Waals surface area contributed by atoms with Crippen molar-refractivity contribution >= 4 is 33.8 Å². The molecular formula is C17H27ClN2O3S. The summed E-state index contributed by atoms with van der Waals surface area (Å²) >= 11 is 0. The predicted molar refractivity (Wildman–Crippen MR) is 100 cm³/mol. The molecule has 2 atom stereocenters. The van der Waals surface area contributed by atoms with Crippen LogP contribution in [0.4, 0.5) is 5.69 Å². The van der Waals surface area contributed by atoms with Crippen LogP contribution in [0, 0.1) is 5.92 Å². The van der Waals surface area contributed by atoms with E-state index < -0.39 is 15.1 Å². The van der Waals surface area contributed by atoms with Gasteiger partial charge in [-0.25, -0.2) is 8.42 Å². The molecular weight excluding hydrogens is 348 g/mol. The smallest absolute Gasteiger partial charge is 0.224 e. The number of nitrogens with one attached hydrogen (secondary N) is 1. The number of benzene rings is 1. The summed E-state index contributed by atoms with van der Waals surface area (Å²) < 4.78 is 24.0. The molecule has 1 aliphatic rings. The van der Waals surface area contributed by atoms with Gasteiger partial charge in [0.25, 0.3) is 0 Å². The van der Waals surface area contributed by atoms with Crippen molar-refractivity contribution in [2.45, 2.75) is 56.6 Å². The molecule has 7 heteroatoms. The predicted octanol–water partition coefficient (Wildman–Crippen LogP) is 2.89. The van der Waals surface area contributed by atoms with E-state index in [1.807, 2.05) is 0 Å². The van der Waals surface area contributed by atoms with E-state index >= 15 is 0 Å². The Bertz CT molecular complexity index is 662. The maximum atomic E-state index is 12.1. The molecule has 5 nitrogen and oxygen atoms in total. The second kappa shape index (κ2) is 8.83. The van der Waals surface area contributed by atoms with Gasteiger partial charge in [0.05, 0.1) is 11.0 Å². The molecule has 1 saturated carbocycles. The SMILES string of the molecule is CC(C)S(=O)(=O)Cc1cccc(NC(=O)C[C@@H]2CCC[C@H]2N)c1.Cl. The summed E-state index contributed by atoms with van der Waals surface area (Å²) in [7, 11) is -3.15. The molecule has 0 aromatic heterocycles. The molecule has 0 aliphatic heterocycles. The van der Waals surface area contributed by atoms with Crippen LogP contribution < -0.4 is 11.1 Å². The first-order chi connectivity index (χ1) is 10.8. The number of amides is 1. The van der Waals surface area contributed by atoms with Gasteiger partial charge in [-0.15, -0.1) is 12.4 Å². The van der Waals surface area contributed by atoms with Crippen LogP contribution in [0.5, 0.6) is 0 Å². The van der Waals surface area contributed by atoms with Gasteiger partial charge in [-0.05, 0) is 50.3 Å². The van der Waals surface area contributed by atoms with Gasteiger partial charge < -0.3 is 11.1 Å². The molecule has 0 saturated heterocycles. The Morgan fingerprint density at radius 1 is 1.33 bits per heavy atom. The van der Waals surface area contributed by atoms with Crippen molar-refractivity contribution in [1.29, 1.82) is 0 Å². The first-order valence-corrected chi connectivity index (χ1v) is 9.85. The summed E-state index contributed by atoms with van der Waals surface area (Å²) in [6.07, 6.45) is 3.50. The highest BCUT2D eigenvalue weighted by atomic mass is 35.5. The lowest BCUT2D eigenvalue weighted by molar-refractivity contribution is -0.117. The average Bonchev–Trinajstić information content (AvgIpc) is 2.83. The summed E-state index contributed by atoms with van der Waals surface area (Å²) in [6.45, 7) is 3.34. The van der Waals surface area contributed by atoms with E-state index in [2.05, 4.69) is 5.32 Å². The normalized spacial score (nSPS) is 20.7. The highest BCUT2D eigenvalue weighted by molar-refractivity contribution is 7.91. The lowest BCUT2D eigenvalue weighted by atomic mass is 10.00. The van der Waals surface area contributed by atoms with E-state index in [4.69, 9.17) is 5.73 Å². The van der Waals surface area contributed by atoms with Crippen LogP contribution in [-0.4, -0.2) is 25.6 Å². The zero-order valence-corrected chi connectivity index (χ0v) is 15.8. The Balaban J connectivity index is 0.00000288. The Hall–Kier alpha value is -1.11. The van der Waals surface area contributed by atoms with E-state index in [0.717, 1.165) is 19.3 Å². The minimum atomic E-state index is -3.15.